The van der Waals surface area contributed by atoms with E-state index < -0.39 is 11.8 Å². The van der Waals surface area contributed by atoms with E-state index in [0.717, 1.165) is 5.52 Å². The van der Waals surface area contributed by atoms with Crippen molar-refractivity contribution in [2.24, 2.45) is 0 Å². The van der Waals surface area contributed by atoms with Crippen molar-refractivity contribution < 1.29 is 23.9 Å². The first-order chi connectivity index (χ1) is 20.6. The summed E-state index contributed by atoms with van der Waals surface area (Å²) >= 11 is 13.2. The van der Waals surface area contributed by atoms with Crippen LogP contribution in [0.4, 0.5) is 11.5 Å². The number of pyridine rings is 1. The van der Waals surface area contributed by atoms with E-state index in [0.29, 0.717) is 51.5 Å². The van der Waals surface area contributed by atoms with Crippen LogP contribution in [0.15, 0.2) is 54.7 Å². The summed E-state index contributed by atoms with van der Waals surface area (Å²) in [5.74, 6) is -0.175. The zero-order chi connectivity index (χ0) is 31.1. The minimum absolute atomic E-state index is 0.0239. The fraction of sp³-hybridized carbons (Fsp3) is 0.233. The molecule has 2 heterocycles. The zero-order valence-electron chi connectivity index (χ0n) is 24.0. The summed E-state index contributed by atoms with van der Waals surface area (Å²) in [6, 6.07) is 12.6. The molecule has 3 amide bonds. The van der Waals surface area contributed by atoms with Gasteiger partial charge in [-0.3, -0.25) is 19.0 Å². The van der Waals surface area contributed by atoms with Crippen LogP contribution in [-0.4, -0.2) is 53.0 Å². The number of likely N-dealkylation sites (N-methyl/N-ethyl adjacent to an activating group) is 1. The highest BCUT2D eigenvalue weighted by Gasteiger charge is 2.20. The van der Waals surface area contributed by atoms with Gasteiger partial charge in [0.05, 0.1) is 29.9 Å². The van der Waals surface area contributed by atoms with Crippen molar-refractivity contribution in [1.29, 1.82) is 0 Å². The van der Waals surface area contributed by atoms with Crippen LogP contribution in [0.3, 0.4) is 0 Å². The summed E-state index contributed by atoms with van der Waals surface area (Å²) in [6.45, 7) is 3.81. The number of imidazole rings is 1. The van der Waals surface area contributed by atoms with E-state index in [4.69, 9.17) is 32.7 Å². The molecule has 11 nitrogen and oxygen atoms in total. The molecule has 0 fully saturated rings. The molecule has 4 rings (SSSR count). The van der Waals surface area contributed by atoms with Crippen molar-refractivity contribution in [3.8, 4) is 11.8 Å². The summed E-state index contributed by atoms with van der Waals surface area (Å²) in [5.41, 5.74) is 3.04. The van der Waals surface area contributed by atoms with Gasteiger partial charge in [-0.1, -0.05) is 29.3 Å². The molecule has 0 aliphatic heterocycles. The molecular formula is C30H30Cl2N6O5. The second kappa shape index (κ2) is 14.0. The van der Waals surface area contributed by atoms with Crippen LogP contribution < -0.4 is 25.0 Å². The highest BCUT2D eigenvalue weighted by molar-refractivity contribution is 6.38. The Morgan fingerprint density at radius 2 is 1.91 bits per heavy atom. The standard InChI is InChI=1S/C30H30Cl2N6O5/c1-5-38-23-7-6-8-24(29(23)36-30(38)42-4)43-17-20-21(31)11-12-22(28(20)32)37(3)27(41)16-34-26(40)14-10-19-9-13-25(33-15-19)35-18(2)39/h6-15H,5,16-17H2,1-4H3,(H,34,40)(H,33,35,39)/b14-10+. The number of carbonyl (C=O) groups excluding carboxylic acids is 3. The molecule has 0 atom stereocenters. The first-order valence-electron chi connectivity index (χ1n) is 13.2. The molecule has 0 bridgehead atoms. The molecule has 4 aromatic rings. The Labute approximate surface area is 258 Å². The number of anilines is 2. The number of nitrogens with one attached hydrogen (secondary N) is 2. The molecule has 2 aromatic heterocycles. The Bertz CT molecular complexity index is 1690. The number of carbonyl (C=O) groups is 3. The van der Waals surface area contributed by atoms with Crippen LogP contribution in [0, 0.1) is 0 Å². The Hall–Kier alpha value is -4.61. The van der Waals surface area contributed by atoms with Gasteiger partial charge >= 0.3 is 0 Å². The number of aromatic nitrogens is 3. The third-order valence-electron chi connectivity index (χ3n) is 6.41. The highest BCUT2D eigenvalue weighted by atomic mass is 35.5. The van der Waals surface area contributed by atoms with E-state index in [1.807, 2.05) is 23.6 Å². The maximum absolute atomic E-state index is 12.9. The van der Waals surface area contributed by atoms with Gasteiger partial charge in [-0.15, -0.1) is 0 Å². The lowest BCUT2D eigenvalue weighted by Crippen LogP contribution is -2.37. The highest BCUT2D eigenvalue weighted by Crippen LogP contribution is 2.36. The van der Waals surface area contributed by atoms with Gasteiger partial charge < -0.3 is 25.0 Å². The van der Waals surface area contributed by atoms with Crippen LogP contribution in [0.5, 0.6) is 11.8 Å². The first-order valence-corrected chi connectivity index (χ1v) is 14.0. The molecular weight excluding hydrogens is 595 g/mol. The van der Waals surface area contributed by atoms with E-state index in [-0.39, 0.29) is 24.1 Å². The van der Waals surface area contributed by atoms with Gasteiger partial charge in [0.2, 0.25) is 17.7 Å². The van der Waals surface area contributed by atoms with E-state index in [1.165, 1.54) is 24.1 Å². The van der Waals surface area contributed by atoms with E-state index in [1.54, 1.807) is 50.6 Å². The lowest BCUT2D eigenvalue weighted by atomic mass is 10.2. The largest absolute Gasteiger partial charge is 0.486 e. The predicted molar refractivity (Wildman–Crippen MR) is 167 cm³/mol. The zero-order valence-corrected chi connectivity index (χ0v) is 25.5. The minimum Gasteiger partial charge on any atom is -0.486 e. The fourth-order valence-corrected chi connectivity index (χ4v) is 4.82. The maximum Gasteiger partial charge on any atom is 0.297 e. The molecule has 2 aromatic carbocycles. The Kier molecular flexibility index (Phi) is 10.2. The molecule has 13 heteroatoms. The summed E-state index contributed by atoms with van der Waals surface area (Å²) in [5, 5.41) is 5.74. The number of aryl methyl sites for hydroxylation is 1. The Morgan fingerprint density at radius 3 is 2.58 bits per heavy atom. The second-order valence-corrected chi connectivity index (χ2v) is 10.1. The van der Waals surface area contributed by atoms with Crippen LogP contribution in [-0.2, 0) is 27.5 Å². The fourth-order valence-electron chi connectivity index (χ4n) is 4.21. The number of nitrogens with zero attached hydrogens (tertiary/aromatic N) is 4. The topological polar surface area (TPSA) is 128 Å². The number of hydrogen-bond donors (Lipinski definition) is 2. The molecule has 0 aliphatic rings. The van der Waals surface area contributed by atoms with Gasteiger partial charge in [-0.2, -0.15) is 4.98 Å². The molecule has 0 unspecified atom stereocenters. The van der Waals surface area contributed by atoms with Gasteiger partial charge in [0, 0.05) is 43.4 Å². The van der Waals surface area contributed by atoms with E-state index >= 15 is 0 Å². The van der Waals surface area contributed by atoms with E-state index in [2.05, 4.69) is 20.6 Å². The smallest absolute Gasteiger partial charge is 0.297 e. The van der Waals surface area contributed by atoms with Crippen LogP contribution in [0.1, 0.15) is 25.0 Å². The number of para-hydroxylation sites is 1. The van der Waals surface area contributed by atoms with Crippen molar-refractivity contribution >= 4 is 69.5 Å². The van der Waals surface area contributed by atoms with Crippen LogP contribution >= 0.6 is 23.2 Å². The van der Waals surface area contributed by atoms with Crippen LogP contribution in [0.2, 0.25) is 10.0 Å². The summed E-state index contributed by atoms with van der Waals surface area (Å²) in [6.07, 6.45) is 4.33. The van der Waals surface area contributed by atoms with Crippen molar-refractivity contribution in [3.63, 3.8) is 0 Å². The molecule has 0 saturated carbocycles. The number of rotatable bonds is 11. The maximum atomic E-state index is 12.9. The minimum atomic E-state index is -0.472. The van der Waals surface area contributed by atoms with Gasteiger partial charge in [0.15, 0.2) is 0 Å². The molecule has 0 radical (unpaired) electrons. The molecule has 0 spiro atoms. The Morgan fingerprint density at radius 1 is 1.12 bits per heavy atom. The first kappa shape index (κ1) is 31.3. The molecule has 0 aliphatic carbocycles. The number of amides is 3. The number of halogens is 2. The average Bonchev–Trinajstić information content (AvgIpc) is 3.37. The molecule has 43 heavy (non-hydrogen) atoms. The summed E-state index contributed by atoms with van der Waals surface area (Å²) in [4.78, 5) is 46.3. The summed E-state index contributed by atoms with van der Waals surface area (Å²) in [7, 11) is 3.12. The van der Waals surface area contributed by atoms with Gasteiger partial charge in [0.1, 0.15) is 23.7 Å². The van der Waals surface area contributed by atoms with Crippen molar-refractivity contribution in [3.05, 3.63) is 75.9 Å². The van der Waals surface area contributed by atoms with Gasteiger partial charge in [-0.25, -0.2) is 4.98 Å². The SMILES string of the molecule is CCn1c(OC)nc2c(OCc3c(Cl)ccc(N(C)C(=O)CNC(=O)/C=C/c4ccc(NC(C)=O)nc4)c3Cl)cccc21. The third kappa shape index (κ3) is 7.43. The Balaban J connectivity index is 1.40. The number of benzene rings is 2. The normalized spacial score (nSPS) is 11.0. The lowest BCUT2D eigenvalue weighted by molar-refractivity contribution is -0.122. The van der Waals surface area contributed by atoms with Crippen molar-refractivity contribution in [2.45, 2.75) is 27.0 Å². The van der Waals surface area contributed by atoms with Crippen LogP contribution in [0.25, 0.3) is 17.1 Å². The molecule has 2 N–H and O–H groups in total. The molecule has 224 valence electrons. The lowest BCUT2D eigenvalue weighted by Gasteiger charge is -2.21. The van der Waals surface area contributed by atoms with E-state index in [9.17, 15) is 14.4 Å². The monoisotopic (exact) mass is 624 g/mol. The predicted octanol–water partition coefficient (Wildman–Crippen LogP) is 5.10. The van der Waals surface area contributed by atoms with Gasteiger partial charge in [-0.05, 0) is 55.0 Å². The molecule has 0 saturated heterocycles. The number of fused-ring (bicyclic) bond motifs is 1. The second-order valence-electron chi connectivity index (χ2n) is 9.28. The third-order valence-corrected chi connectivity index (χ3v) is 7.19. The number of ether oxygens (including phenoxy) is 2. The summed E-state index contributed by atoms with van der Waals surface area (Å²) < 4.78 is 13.4. The number of hydrogen-bond acceptors (Lipinski definition) is 7. The van der Waals surface area contributed by atoms with Crippen molar-refractivity contribution in [1.82, 2.24) is 19.9 Å². The quantitative estimate of drug-likeness (QED) is 0.222. The number of methoxy groups -OCH3 is 1. The van der Waals surface area contributed by atoms with Crippen molar-refractivity contribution in [2.75, 3.05) is 30.9 Å². The van der Waals surface area contributed by atoms with Gasteiger partial charge in [0.25, 0.3) is 6.01 Å². The average molecular weight is 626 g/mol.